The van der Waals surface area contributed by atoms with Gasteiger partial charge in [-0.05, 0) is 60.2 Å². The van der Waals surface area contributed by atoms with Gasteiger partial charge in [-0.1, -0.05) is 47.5 Å². The first-order valence-corrected chi connectivity index (χ1v) is 13.4. The molecule has 0 saturated carbocycles. The molecule has 40 heavy (non-hydrogen) atoms. The molecule has 0 aromatic heterocycles. The van der Waals surface area contributed by atoms with Gasteiger partial charge < -0.3 is 14.8 Å². The average Bonchev–Trinajstić information content (AvgIpc) is 3.17. The Bertz CT molecular complexity index is 1530. The van der Waals surface area contributed by atoms with Gasteiger partial charge in [-0.15, -0.1) is 0 Å². The number of non-ortho nitro benzene ring substituents is 1. The number of amides is 3. The normalized spacial score (nSPS) is 14.0. The van der Waals surface area contributed by atoms with E-state index in [-0.39, 0.29) is 40.3 Å². The zero-order chi connectivity index (χ0) is 28.8. The van der Waals surface area contributed by atoms with Crippen molar-refractivity contribution in [2.45, 2.75) is 13.5 Å². The van der Waals surface area contributed by atoms with Gasteiger partial charge in [-0.25, -0.2) is 0 Å². The van der Waals surface area contributed by atoms with Crippen LogP contribution in [0.3, 0.4) is 0 Å². The molecule has 0 atom stereocenters. The van der Waals surface area contributed by atoms with Gasteiger partial charge in [0, 0.05) is 12.1 Å². The smallest absolute Gasteiger partial charge is 0.294 e. The number of nitrogens with zero attached hydrogens (tertiary/aromatic N) is 2. The predicted octanol–water partition coefficient (Wildman–Crippen LogP) is 6.55. The van der Waals surface area contributed by atoms with Crippen molar-refractivity contribution >= 4 is 69.5 Å². The summed E-state index contributed by atoms with van der Waals surface area (Å²) in [6, 6.07) is 15.7. The molecule has 3 aromatic rings. The Kier molecular flexibility index (Phi) is 9.30. The first-order valence-electron chi connectivity index (χ1n) is 11.8. The van der Waals surface area contributed by atoms with E-state index in [9.17, 15) is 24.5 Å². The summed E-state index contributed by atoms with van der Waals surface area (Å²) in [5.74, 6) is -0.713. The van der Waals surface area contributed by atoms with Crippen LogP contribution in [0.15, 0.2) is 65.6 Å². The van der Waals surface area contributed by atoms with Crippen LogP contribution in [0.2, 0.25) is 10.0 Å². The van der Waals surface area contributed by atoms with Crippen molar-refractivity contribution in [1.82, 2.24) is 4.90 Å². The SMILES string of the molecule is CCOc1cc(/C=C2/SC(=O)N(CC(=O)Nc3ccccc3Cl)C2=O)cc(Cl)c1OCc1cccc([N+](=O)[O-])c1. The summed E-state index contributed by atoms with van der Waals surface area (Å²) in [7, 11) is 0. The molecule has 3 aromatic carbocycles. The van der Waals surface area contributed by atoms with E-state index in [1.54, 1.807) is 49.4 Å². The molecule has 1 fully saturated rings. The van der Waals surface area contributed by atoms with E-state index in [2.05, 4.69) is 5.32 Å². The second-order valence-corrected chi connectivity index (χ2v) is 10.1. The average molecular weight is 602 g/mol. The first kappa shape index (κ1) is 28.9. The van der Waals surface area contributed by atoms with Gasteiger partial charge >= 0.3 is 0 Å². The second kappa shape index (κ2) is 12.9. The number of rotatable bonds is 10. The lowest BCUT2D eigenvalue weighted by Crippen LogP contribution is -2.36. The van der Waals surface area contributed by atoms with Gasteiger partial charge in [0.15, 0.2) is 11.5 Å². The fourth-order valence-corrected chi connectivity index (χ4v) is 4.97. The van der Waals surface area contributed by atoms with Gasteiger partial charge in [0.1, 0.15) is 13.2 Å². The molecule has 0 aliphatic carbocycles. The third-order valence-corrected chi connectivity index (χ3v) is 6.98. The summed E-state index contributed by atoms with van der Waals surface area (Å²) in [5, 5.41) is 13.5. The van der Waals surface area contributed by atoms with Gasteiger partial charge in [-0.2, -0.15) is 0 Å². The number of nitrogens with one attached hydrogen (secondary N) is 1. The molecular formula is C27H21Cl2N3O7S. The lowest BCUT2D eigenvalue weighted by molar-refractivity contribution is -0.384. The van der Waals surface area contributed by atoms with E-state index < -0.39 is 28.5 Å². The minimum absolute atomic E-state index is 0.00400. The molecule has 1 N–H and O–H groups in total. The highest BCUT2D eigenvalue weighted by Gasteiger charge is 2.36. The van der Waals surface area contributed by atoms with E-state index in [4.69, 9.17) is 32.7 Å². The number of para-hydroxylation sites is 1. The minimum Gasteiger partial charge on any atom is -0.490 e. The Morgan fingerprint density at radius 1 is 1.07 bits per heavy atom. The van der Waals surface area contributed by atoms with Crippen molar-refractivity contribution in [3.8, 4) is 11.5 Å². The molecule has 1 heterocycles. The van der Waals surface area contributed by atoms with Crippen LogP contribution in [-0.4, -0.2) is 40.0 Å². The summed E-state index contributed by atoms with van der Waals surface area (Å²) < 4.78 is 11.5. The van der Waals surface area contributed by atoms with Crippen LogP contribution in [0.25, 0.3) is 6.08 Å². The summed E-state index contributed by atoms with van der Waals surface area (Å²) in [5.41, 5.74) is 1.32. The zero-order valence-corrected chi connectivity index (χ0v) is 23.2. The molecule has 0 unspecified atom stereocenters. The van der Waals surface area contributed by atoms with Gasteiger partial charge in [-0.3, -0.25) is 29.4 Å². The molecule has 13 heteroatoms. The topological polar surface area (TPSA) is 128 Å². The van der Waals surface area contributed by atoms with Crippen molar-refractivity contribution in [2.75, 3.05) is 18.5 Å². The van der Waals surface area contributed by atoms with Gasteiger partial charge in [0.05, 0.1) is 32.2 Å². The van der Waals surface area contributed by atoms with E-state index >= 15 is 0 Å². The van der Waals surface area contributed by atoms with Crippen molar-refractivity contribution in [1.29, 1.82) is 0 Å². The Morgan fingerprint density at radius 3 is 2.58 bits per heavy atom. The number of nitro groups is 1. The quantitative estimate of drug-likeness (QED) is 0.157. The highest BCUT2D eigenvalue weighted by Crippen LogP contribution is 2.39. The van der Waals surface area contributed by atoms with Crippen molar-refractivity contribution in [3.05, 3.63) is 96.9 Å². The van der Waals surface area contributed by atoms with Crippen LogP contribution in [-0.2, 0) is 16.2 Å². The lowest BCUT2D eigenvalue weighted by Gasteiger charge is -2.15. The lowest BCUT2D eigenvalue weighted by atomic mass is 10.1. The molecule has 1 aliphatic rings. The number of anilines is 1. The maximum Gasteiger partial charge on any atom is 0.294 e. The summed E-state index contributed by atoms with van der Waals surface area (Å²) >= 11 is 13.2. The number of hydrogen-bond donors (Lipinski definition) is 1. The molecular weight excluding hydrogens is 581 g/mol. The molecule has 10 nitrogen and oxygen atoms in total. The fraction of sp³-hybridized carbons (Fsp3) is 0.148. The molecule has 206 valence electrons. The Labute approximate surface area is 243 Å². The number of nitro benzene ring substituents is 1. The maximum absolute atomic E-state index is 12.9. The maximum atomic E-state index is 12.9. The van der Waals surface area contributed by atoms with Crippen LogP contribution < -0.4 is 14.8 Å². The van der Waals surface area contributed by atoms with E-state index in [0.29, 0.717) is 33.6 Å². The van der Waals surface area contributed by atoms with Crippen LogP contribution in [0.1, 0.15) is 18.1 Å². The van der Waals surface area contributed by atoms with E-state index in [1.807, 2.05) is 0 Å². The largest absolute Gasteiger partial charge is 0.490 e. The fourth-order valence-electron chi connectivity index (χ4n) is 3.67. The number of ether oxygens (including phenoxy) is 2. The summed E-state index contributed by atoms with van der Waals surface area (Å²) in [6.07, 6.45) is 1.47. The van der Waals surface area contributed by atoms with Crippen LogP contribution in [0.4, 0.5) is 16.2 Å². The molecule has 3 amide bonds. The van der Waals surface area contributed by atoms with Crippen molar-refractivity contribution in [2.24, 2.45) is 0 Å². The van der Waals surface area contributed by atoms with Gasteiger partial charge in [0.2, 0.25) is 5.91 Å². The third-order valence-electron chi connectivity index (χ3n) is 5.46. The summed E-state index contributed by atoms with van der Waals surface area (Å²) in [6.45, 7) is 1.56. The highest BCUT2D eigenvalue weighted by molar-refractivity contribution is 8.18. The number of carbonyl (C=O) groups excluding carboxylic acids is 3. The number of imide groups is 1. The van der Waals surface area contributed by atoms with E-state index in [1.165, 1.54) is 24.3 Å². The first-order chi connectivity index (χ1) is 19.2. The van der Waals surface area contributed by atoms with Crippen LogP contribution in [0.5, 0.6) is 11.5 Å². The van der Waals surface area contributed by atoms with Crippen LogP contribution in [0, 0.1) is 10.1 Å². The monoisotopic (exact) mass is 601 g/mol. The standard InChI is InChI=1S/C27H21Cl2N3O7S/c1-2-38-22-12-17(11-20(29)25(22)39-15-16-6-5-7-18(10-16)32(36)37)13-23-26(34)31(27(35)40-23)14-24(33)30-21-9-4-3-8-19(21)28/h3-13H,2,14-15H2,1H3,(H,30,33)/b23-13+. The number of benzene rings is 3. The molecule has 0 spiro atoms. The molecule has 0 bridgehead atoms. The number of halogens is 2. The molecule has 0 radical (unpaired) electrons. The highest BCUT2D eigenvalue weighted by atomic mass is 35.5. The summed E-state index contributed by atoms with van der Waals surface area (Å²) in [4.78, 5) is 49.4. The second-order valence-electron chi connectivity index (χ2n) is 8.27. The predicted molar refractivity (Wildman–Crippen MR) is 153 cm³/mol. The molecule has 1 saturated heterocycles. The van der Waals surface area contributed by atoms with Gasteiger partial charge in [0.25, 0.3) is 16.8 Å². The van der Waals surface area contributed by atoms with Crippen LogP contribution >= 0.6 is 35.0 Å². The number of carbonyl (C=O) groups is 3. The number of thioether (sulfide) groups is 1. The van der Waals surface area contributed by atoms with Crippen molar-refractivity contribution < 1.29 is 28.8 Å². The Balaban J connectivity index is 1.50. The Morgan fingerprint density at radius 2 is 1.85 bits per heavy atom. The molecule has 4 rings (SSSR count). The zero-order valence-electron chi connectivity index (χ0n) is 20.9. The number of hydrogen-bond acceptors (Lipinski definition) is 8. The molecule has 1 aliphatic heterocycles. The van der Waals surface area contributed by atoms with E-state index in [0.717, 1.165) is 4.90 Å². The Hall–Kier alpha value is -4.06. The third kappa shape index (κ3) is 6.92. The minimum atomic E-state index is -0.635. The van der Waals surface area contributed by atoms with Crippen molar-refractivity contribution in [3.63, 3.8) is 0 Å².